The Labute approximate surface area is 181 Å². The number of amides is 1. The van der Waals surface area contributed by atoms with Gasteiger partial charge in [0.2, 0.25) is 0 Å². The van der Waals surface area contributed by atoms with Crippen molar-refractivity contribution >= 4 is 19.4 Å². The SMILES string of the molecule is C=C1NC(=O)C=CN1[C@@H]1O[C@H](COP(C)(=O)N[C@@H](C)C(=O)OC(C)C)[C@](C)(CO)C1F. The molecule has 0 aliphatic carbocycles. The van der Waals surface area contributed by atoms with E-state index in [1.807, 2.05) is 0 Å². The van der Waals surface area contributed by atoms with Crippen LogP contribution in [0.4, 0.5) is 4.39 Å². The number of aliphatic hydroxyl groups is 1. The number of esters is 1. The van der Waals surface area contributed by atoms with Crippen LogP contribution in [0, 0.1) is 5.41 Å². The van der Waals surface area contributed by atoms with Crippen LogP contribution in [0.25, 0.3) is 0 Å². The number of carbonyl (C=O) groups excluding carboxylic acids is 2. The van der Waals surface area contributed by atoms with Gasteiger partial charge in [-0.25, -0.2) is 9.48 Å². The maximum absolute atomic E-state index is 15.3. The lowest BCUT2D eigenvalue weighted by Gasteiger charge is -2.33. The van der Waals surface area contributed by atoms with Crippen molar-refractivity contribution in [3.05, 3.63) is 24.7 Å². The van der Waals surface area contributed by atoms with Gasteiger partial charge in [0.05, 0.1) is 30.8 Å². The van der Waals surface area contributed by atoms with Gasteiger partial charge in [-0.1, -0.05) is 13.5 Å². The van der Waals surface area contributed by atoms with Crippen LogP contribution in [0.5, 0.6) is 0 Å². The van der Waals surface area contributed by atoms with Crippen molar-refractivity contribution in [1.29, 1.82) is 0 Å². The van der Waals surface area contributed by atoms with E-state index in [2.05, 4.69) is 17.0 Å². The van der Waals surface area contributed by atoms with E-state index >= 15 is 4.39 Å². The summed E-state index contributed by atoms with van der Waals surface area (Å²) in [5.41, 5.74) is -1.37. The second-order valence-electron chi connectivity index (χ2n) is 8.22. The number of carbonyl (C=O) groups is 2. The van der Waals surface area contributed by atoms with Gasteiger partial charge in [0.15, 0.2) is 12.4 Å². The van der Waals surface area contributed by atoms with Gasteiger partial charge in [-0.3, -0.25) is 14.2 Å². The highest BCUT2D eigenvalue weighted by atomic mass is 31.2. The first-order valence-electron chi connectivity index (χ1n) is 9.88. The topological polar surface area (TPSA) is 126 Å². The fourth-order valence-electron chi connectivity index (χ4n) is 3.23. The van der Waals surface area contributed by atoms with E-state index in [4.69, 9.17) is 14.0 Å². The second kappa shape index (κ2) is 9.79. The van der Waals surface area contributed by atoms with Crippen molar-refractivity contribution in [3.63, 3.8) is 0 Å². The fourth-order valence-corrected chi connectivity index (χ4v) is 4.54. The summed E-state index contributed by atoms with van der Waals surface area (Å²) >= 11 is 0. The Kier molecular flexibility index (Phi) is 8.04. The molecule has 176 valence electrons. The second-order valence-corrected chi connectivity index (χ2v) is 10.4. The van der Waals surface area contributed by atoms with Crippen LogP contribution in [0.3, 0.4) is 0 Å². The predicted molar refractivity (Wildman–Crippen MR) is 110 cm³/mol. The Morgan fingerprint density at radius 1 is 1.52 bits per heavy atom. The lowest BCUT2D eigenvalue weighted by Crippen LogP contribution is -2.47. The van der Waals surface area contributed by atoms with Crippen molar-refractivity contribution in [2.45, 2.75) is 58.3 Å². The highest BCUT2D eigenvalue weighted by Crippen LogP contribution is 2.46. The first-order chi connectivity index (χ1) is 14.3. The number of aliphatic hydroxyl groups excluding tert-OH is 1. The van der Waals surface area contributed by atoms with Gasteiger partial charge in [-0.05, 0) is 20.8 Å². The number of halogens is 1. The number of hydrogen-bond donors (Lipinski definition) is 3. The molecule has 10 nitrogen and oxygen atoms in total. The molecule has 2 aliphatic heterocycles. The van der Waals surface area contributed by atoms with Gasteiger partial charge in [-0.2, -0.15) is 0 Å². The molecule has 1 fully saturated rings. The van der Waals surface area contributed by atoms with Crippen molar-refractivity contribution < 1.29 is 37.6 Å². The van der Waals surface area contributed by atoms with Crippen molar-refractivity contribution in [2.24, 2.45) is 5.41 Å². The van der Waals surface area contributed by atoms with Crippen LogP contribution in [0.15, 0.2) is 24.7 Å². The predicted octanol–water partition coefficient (Wildman–Crippen LogP) is 1.23. The monoisotopic (exact) mass is 463 g/mol. The van der Waals surface area contributed by atoms with Crippen LogP contribution in [0.2, 0.25) is 0 Å². The van der Waals surface area contributed by atoms with E-state index in [0.29, 0.717) is 0 Å². The third-order valence-electron chi connectivity index (χ3n) is 5.11. The quantitative estimate of drug-likeness (QED) is 0.342. The van der Waals surface area contributed by atoms with Crippen molar-refractivity contribution in [2.75, 3.05) is 19.9 Å². The average molecular weight is 463 g/mol. The summed E-state index contributed by atoms with van der Waals surface area (Å²) in [6, 6.07) is -0.890. The maximum atomic E-state index is 15.3. The Morgan fingerprint density at radius 2 is 2.16 bits per heavy atom. The lowest BCUT2D eigenvalue weighted by atomic mass is 9.82. The summed E-state index contributed by atoms with van der Waals surface area (Å²) in [4.78, 5) is 24.7. The van der Waals surface area contributed by atoms with Crippen LogP contribution < -0.4 is 10.4 Å². The standard InChI is InChI=1S/C19H31FN3O7P/c1-11(2)29-18(26)12(3)22-31(6,27)28-9-14-19(5,10-24)16(20)17(30-14)23-8-7-15(25)21-13(23)4/h7-8,11-12,14,16-17,24H,4,9-10H2,1-3,5-6H3,(H,21,25)(H,22,27)/t12-,14+,16?,17+,19-,31?/m0/s1. The smallest absolute Gasteiger partial charge is 0.323 e. The molecule has 31 heavy (non-hydrogen) atoms. The molecule has 0 spiro atoms. The van der Waals surface area contributed by atoms with E-state index in [9.17, 15) is 19.3 Å². The highest BCUT2D eigenvalue weighted by molar-refractivity contribution is 7.56. The molecule has 2 rings (SSSR count). The highest BCUT2D eigenvalue weighted by Gasteiger charge is 2.56. The number of ether oxygens (including phenoxy) is 2. The average Bonchev–Trinajstić information content (AvgIpc) is 2.91. The van der Waals surface area contributed by atoms with Gasteiger partial charge in [0.1, 0.15) is 11.9 Å². The molecule has 2 unspecified atom stereocenters. The summed E-state index contributed by atoms with van der Waals surface area (Å²) in [5.74, 6) is -0.857. The molecule has 0 aromatic carbocycles. The maximum Gasteiger partial charge on any atom is 0.323 e. The van der Waals surface area contributed by atoms with Crippen LogP contribution >= 0.6 is 7.52 Å². The summed E-state index contributed by atoms with van der Waals surface area (Å²) in [6.07, 6.45) is -1.61. The third-order valence-corrected chi connectivity index (χ3v) is 6.60. The van der Waals surface area contributed by atoms with Crippen molar-refractivity contribution in [3.8, 4) is 0 Å². The van der Waals surface area contributed by atoms with E-state index in [-0.39, 0.29) is 18.5 Å². The Morgan fingerprint density at radius 3 is 2.71 bits per heavy atom. The number of nitrogens with one attached hydrogen (secondary N) is 2. The zero-order valence-electron chi connectivity index (χ0n) is 18.3. The molecule has 6 atom stereocenters. The number of rotatable bonds is 9. The number of nitrogens with zero attached hydrogens (tertiary/aromatic N) is 1. The molecule has 3 N–H and O–H groups in total. The molecule has 12 heteroatoms. The van der Waals surface area contributed by atoms with Gasteiger partial charge >= 0.3 is 5.97 Å². The fraction of sp³-hybridized carbons (Fsp3) is 0.684. The molecule has 0 aromatic heterocycles. The first-order valence-corrected chi connectivity index (χ1v) is 11.9. The van der Waals surface area contributed by atoms with Crippen molar-refractivity contribution in [1.82, 2.24) is 15.3 Å². The summed E-state index contributed by atoms with van der Waals surface area (Å²) in [5, 5.41) is 14.9. The summed E-state index contributed by atoms with van der Waals surface area (Å²) in [7, 11) is -3.49. The molecule has 0 saturated carbocycles. The number of hydrogen-bond acceptors (Lipinski definition) is 8. The largest absolute Gasteiger partial charge is 0.462 e. The Bertz CT molecular complexity index is 792. The zero-order valence-corrected chi connectivity index (χ0v) is 19.2. The lowest BCUT2D eigenvalue weighted by molar-refractivity contribution is -0.149. The molecule has 1 amide bonds. The van der Waals surface area contributed by atoms with E-state index in [1.54, 1.807) is 13.8 Å². The van der Waals surface area contributed by atoms with Gasteiger partial charge < -0.3 is 29.3 Å². The zero-order chi connectivity index (χ0) is 23.6. The van der Waals surface area contributed by atoms with Gasteiger partial charge in [-0.15, -0.1) is 0 Å². The molecular weight excluding hydrogens is 432 g/mol. The third kappa shape index (κ3) is 5.93. The molecule has 2 aliphatic rings. The molecule has 0 radical (unpaired) electrons. The van der Waals surface area contributed by atoms with Gasteiger partial charge in [0, 0.05) is 18.9 Å². The normalized spacial score (nSPS) is 31.5. The van der Waals surface area contributed by atoms with E-state index < -0.39 is 56.0 Å². The minimum Gasteiger partial charge on any atom is -0.462 e. The summed E-state index contributed by atoms with van der Waals surface area (Å²) in [6.45, 7) is 10.5. The molecular formula is C19H31FN3O7P. The molecule has 0 aromatic rings. The van der Waals surface area contributed by atoms with Gasteiger partial charge in [0.25, 0.3) is 13.4 Å². The molecule has 2 heterocycles. The Hall–Kier alpha value is -1.78. The van der Waals surface area contributed by atoms with Crippen LogP contribution in [-0.4, -0.2) is 72.4 Å². The molecule has 0 bridgehead atoms. The molecule has 1 saturated heterocycles. The minimum atomic E-state index is -3.49. The van der Waals surface area contributed by atoms with Crippen LogP contribution in [-0.2, 0) is 28.2 Å². The first kappa shape index (κ1) is 25.5. The van der Waals surface area contributed by atoms with E-state index in [1.165, 1.54) is 37.7 Å². The summed E-state index contributed by atoms with van der Waals surface area (Å²) < 4.78 is 44.4. The minimum absolute atomic E-state index is 0.127. The van der Waals surface area contributed by atoms with Crippen LogP contribution in [0.1, 0.15) is 27.7 Å². The Balaban J connectivity index is 2.07. The number of alkyl halides is 1. The van der Waals surface area contributed by atoms with E-state index in [0.717, 1.165) is 0 Å².